The zero-order valence-electron chi connectivity index (χ0n) is 12.3. The van der Waals surface area contributed by atoms with Crippen LogP contribution < -0.4 is 4.40 Å². The topological polar surface area (TPSA) is 17.0 Å². The second-order valence-electron chi connectivity index (χ2n) is 7.01. The van der Waals surface area contributed by atoms with Crippen LogP contribution in [0.3, 0.4) is 0 Å². The highest BCUT2D eigenvalue weighted by molar-refractivity contribution is 5.47. The molecule has 0 fully saturated rings. The number of hydrogen-bond donors (Lipinski definition) is 0. The molecule has 2 aromatic heterocycles. The van der Waals surface area contributed by atoms with E-state index in [9.17, 15) is 0 Å². The fourth-order valence-corrected chi connectivity index (χ4v) is 2.27. The molecular formula is C16H23N2+. The van der Waals surface area contributed by atoms with Crippen molar-refractivity contribution in [3.63, 3.8) is 0 Å². The largest absolute Gasteiger partial charge is 0.291 e. The Bertz CT molecular complexity index is 519. The Hall–Kier alpha value is -1.44. The second-order valence-corrected chi connectivity index (χ2v) is 7.01. The van der Waals surface area contributed by atoms with Crippen molar-refractivity contribution in [3.8, 4) is 0 Å². The smallest absolute Gasteiger partial charge is 0.202 e. The number of fused-ring (bicyclic) bond motifs is 1. The van der Waals surface area contributed by atoms with Crippen LogP contribution >= 0.6 is 0 Å². The van der Waals surface area contributed by atoms with Crippen molar-refractivity contribution in [2.75, 3.05) is 0 Å². The van der Waals surface area contributed by atoms with Crippen LogP contribution in [0.2, 0.25) is 0 Å². The Labute approximate surface area is 110 Å². The van der Waals surface area contributed by atoms with Gasteiger partial charge in [0.2, 0.25) is 0 Å². The van der Waals surface area contributed by atoms with Gasteiger partial charge in [0.15, 0.2) is 0 Å². The van der Waals surface area contributed by atoms with Gasteiger partial charge in [0.1, 0.15) is 17.9 Å². The maximum atomic E-state index is 4.19. The monoisotopic (exact) mass is 243 g/mol. The molecule has 0 aliphatic rings. The number of rotatable bonds is 0. The first-order valence-electron chi connectivity index (χ1n) is 6.49. The van der Waals surface area contributed by atoms with Crippen molar-refractivity contribution >= 4 is 5.52 Å². The molecule has 0 aliphatic heterocycles. The molecule has 2 aromatic rings. The van der Waals surface area contributed by atoms with Gasteiger partial charge in [-0.3, -0.25) is 0 Å². The van der Waals surface area contributed by atoms with E-state index in [-0.39, 0.29) is 10.8 Å². The van der Waals surface area contributed by atoms with E-state index in [1.54, 1.807) is 0 Å². The zero-order valence-corrected chi connectivity index (χ0v) is 12.3. The third-order valence-electron chi connectivity index (χ3n) is 3.29. The molecule has 2 heterocycles. The van der Waals surface area contributed by atoms with Gasteiger partial charge in [0.25, 0.3) is 6.33 Å². The van der Waals surface area contributed by atoms with E-state index >= 15 is 0 Å². The molecule has 2 heteroatoms. The quantitative estimate of drug-likeness (QED) is 0.648. The molecule has 18 heavy (non-hydrogen) atoms. The fraction of sp³-hybridized carbons (Fsp3) is 0.500. The van der Waals surface area contributed by atoms with Gasteiger partial charge >= 0.3 is 0 Å². The van der Waals surface area contributed by atoms with Crippen molar-refractivity contribution in [2.24, 2.45) is 0 Å². The van der Waals surface area contributed by atoms with Crippen molar-refractivity contribution in [1.29, 1.82) is 0 Å². The number of hydrogen-bond acceptors (Lipinski definition) is 1. The third-order valence-corrected chi connectivity index (χ3v) is 3.29. The summed E-state index contributed by atoms with van der Waals surface area (Å²) in [4.78, 5) is 4.19. The van der Waals surface area contributed by atoms with Crippen LogP contribution in [-0.2, 0) is 10.8 Å². The highest BCUT2D eigenvalue weighted by Crippen LogP contribution is 2.33. The predicted molar refractivity (Wildman–Crippen MR) is 74.8 cm³/mol. The van der Waals surface area contributed by atoms with Crippen LogP contribution in [0.25, 0.3) is 5.52 Å². The Balaban J connectivity index is 2.81. The molecule has 2 nitrogen and oxygen atoms in total. The van der Waals surface area contributed by atoms with E-state index in [4.69, 9.17) is 0 Å². The summed E-state index contributed by atoms with van der Waals surface area (Å²) in [7, 11) is 0. The molecule has 0 amide bonds. The molecule has 0 aromatic carbocycles. The molecule has 0 bridgehead atoms. The van der Waals surface area contributed by atoms with Crippen LogP contribution in [-0.4, -0.2) is 4.98 Å². The summed E-state index contributed by atoms with van der Waals surface area (Å²) in [5.41, 5.74) is 4.30. The highest BCUT2D eigenvalue weighted by atomic mass is 14.9. The van der Waals surface area contributed by atoms with Gasteiger partial charge in [0.05, 0.1) is 0 Å². The lowest BCUT2D eigenvalue weighted by molar-refractivity contribution is -0.516. The second kappa shape index (κ2) is 4.04. The minimum absolute atomic E-state index is 0.139. The first-order chi connectivity index (χ1) is 8.19. The van der Waals surface area contributed by atoms with E-state index in [0.717, 1.165) is 0 Å². The number of nitrogens with zero attached hydrogens (tertiary/aromatic N) is 2. The maximum absolute atomic E-state index is 4.19. The van der Waals surface area contributed by atoms with Gasteiger partial charge < -0.3 is 0 Å². The lowest BCUT2D eigenvalue weighted by atomic mass is 9.76. The van der Waals surface area contributed by atoms with Crippen molar-refractivity contribution < 1.29 is 4.40 Å². The highest BCUT2D eigenvalue weighted by Gasteiger charge is 2.27. The van der Waals surface area contributed by atoms with E-state index < -0.39 is 0 Å². The molecular weight excluding hydrogens is 220 g/mol. The number of aromatic nitrogens is 2. The maximum Gasteiger partial charge on any atom is 0.291 e. The first kappa shape index (κ1) is 13.0. The fourth-order valence-electron chi connectivity index (χ4n) is 2.27. The Morgan fingerprint density at radius 2 is 1.56 bits per heavy atom. The minimum Gasteiger partial charge on any atom is -0.202 e. The van der Waals surface area contributed by atoms with E-state index in [1.807, 2.05) is 12.5 Å². The summed E-state index contributed by atoms with van der Waals surface area (Å²) in [6.07, 6.45) is 5.94. The zero-order chi connectivity index (χ0) is 13.6. The molecule has 0 saturated carbocycles. The standard InChI is InChI=1S/C16H23N2/c1-15(2,3)13-9-12-7-8-17-11-18(12)10-14(13)16(4,5)6/h7-11H,1-6H3/q+1. The van der Waals surface area contributed by atoms with Gasteiger partial charge in [0, 0.05) is 11.6 Å². The van der Waals surface area contributed by atoms with Crippen molar-refractivity contribution in [1.82, 2.24) is 4.98 Å². The Morgan fingerprint density at radius 3 is 2.11 bits per heavy atom. The summed E-state index contributed by atoms with van der Waals surface area (Å²) in [5.74, 6) is 0. The van der Waals surface area contributed by atoms with E-state index in [1.165, 1.54) is 16.6 Å². The van der Waals surface area contributed by atoms with E-state index in [2.05, 4.69) is 69.3 Å². The van der Waals surface area contributed by atoms with Crippen LogP contribution in [0.4, 0.5) is 0 Å². The SMILES string of the molecule is CC(C)(C)c1cc2ccnc[n+]2cc1C(C)(C)C. The van der Waals surface area contributed by atoms with Crippen molar-refractivity contribution in [3.05, 3.63) is 42.0 Å². The molecule has 0 unspecified atom stereocenters. The molecule has 0 atom stereocenters. The van der Waals surface area contributed by atoms with Crippen LogP contribution in [0.15, 0.2) is 30.9 Å². The Morgan fingerprint density at radius 1 is 0.944 bits per heavy atom. The van der Waals surface area contributed by atoms with E-state index in [0.29, 0.717) is 0 Å². The summed E-state index contributed by atoms with van der Waals surface area (Å²) in [6.45, 7) is 13.6. The van der Waals surface area contributed by atoms with Gasteiger partial charge in [-0.05, 0) is 22.5 Å². The summed E-state index contributed by atoms with van der Waals surface area (Å²) in [5, 5.41) is 0. The van der Waals surface area contributed by atoms with Gasteiger partial charge in [-0.2, -0.15) is 0 Å². The molecule has 0 radical (unpaired) electrons. The lowest BCUT2D eigenvalue weighted by Gasteiger charge is -2.29. The van der Waals surface area contributed by atoms with Gasteiger partial charge in [-0.1, -0.05) is 46.5 Å². The lowest BCUT2D eigenvalue weighted by Crippen LogP contribution is -2.30. The molecule has 0 saturated heterocycles. The molecule has 0 aliphatic carbocycles. The molecule has 96 valence electrons. The summed E-state index contributed by atoms with van der Waals surface area (Å²) < 4.78 is 2.11. The van der Waals surface area contributed by atoms with Crippen LogP contribution in [0, 0.1) is 0 Å². The molecule has 2 rings (SSSR count). The third kappa shape index (κ3) is 2.38. The number of pyridine rings is 1. The normalized spacial score (nSPS) is 13.0. The average molecular weight is 243 g/mol. The van der Waals surface area contributed by atoms with Crippen LogP contribution in [0.5, 0.6) is 0 Å². The summed E-state index contributed by atoms with van der Waals surface area (Å²) in [6, 6.07) is 4.35. The average Bonchev–Trinajstić information content (AvgIpc) is 2.25. The van der Waals surface area contributed by atoms with Gasteiger partial charge in [-0.25, -0.2) is 4.40 Å². The van der Waals surface area contributed by atoms with Crippen molar-refractivity contribution in [2.45, 2.75) is 52.4 Å². The molecule has 0 spiro atoms. The van der Waals surface area contributed by atoms with Gasteiger partial charge in [-0.15, -0.1) is 0 Å². The molecule has 0 N–H and O–H groups in total. The predicted octanol–water partition coefficient (Wildman–Crippen LogP) is 3.42. The Kier molecular flexibility index (Phi) is 2.92. The first-order valence-corrected chi connectivity index (χ1v) is 6.49. The van der Waals surface area contributed by atoms with Crippen LogP contribution in [0.1, 0.15) is 52.7 Å². The minimum atomic E-state index is 0.139. The summed E-state index contributed by atoms with van der Waals surface area (Å²) >= 11 is 0.